The van der Waals surface area contributed by atoms with Crippen molar-refractivity contribution in [1.29, 1.82) is 0 Å². The number of rotatable bonds is 3. The molecule has 1 unspecified atom stereocenters. The van der Waals surface area contributed by atoms with Gasteiger partial charge in [-0.15, -0.1) is 0 Å². The Balaban J connectivity index is 2.18. The minimum Gasteiger partial charge on any atom is -0.322 e. The van der Waals surface area contributed by atoms with E-state index in [1.807, 2.05) is 6.92 Å². The lowest BCUT2D eigenvalue weighted by Gasteiger charge is -2.12. The van der Waals surface area contributed by atoms with Gasteiger partial charge >= 0.3 is 0 Å². The van der Waals surface area contributed by atoms with Crippen LogP contribution in [0, 0.1) is 12.7 Å². The lowest BCUT2D eigenvalue weighted by Crippen LogP contribution is -2.15. The van der Waals surface area contributed by atoms with Crippen LogP contribution in [0.25, 0.3) is 0 Å². The van der Waals surface area contributed by atoms with E-state index in [4.69, 9.17) is 17.3 Å². The highest BCUT2D eigenvalue weighted by atomic mass is 35.5. The number of hydrogen-bond acceptors (Lipinski definition) is 3. The van der Waals surface area contributed by atoms with Gasteiger partial charge in [-0.25, -0.2) is 4.39 Å². The minimum atomic E-state index is -0.350. The Hall–Kier alpha value is -1.52. The Morgan fingerprint density at radius 1 is 1.33 bits per heavy atom. The molecule has 0 spiro atoms. The van der Waals surface area contributed by atoms with Crippen LogP contribution in [-0.2, 0) is 6.42 Å². The van der Waals surface area contributed by atoms with Crippen molar-refractivity contribution in [3.05, 3.63) is 58.4 Å². The Morgan fingerprint density at radius 3 is 2.78 bits per heavy atom. The number of benzene rings is 1. The minimum absolute atomic E-state index is 0.323. The molecule has 2 N–H and O–H groups in total. The average Bonchev–Trinajstić information content (AvgIpc) is 2.34. The van der Waals surface area contributed by atoms with Crippen molar-refractivity contribution >= 4 is 11.6 Å². The first-order chi connectivity index (χ1) is 8.56. The highest BCUT2D eigenvalue weighted by Crippen LogP contribution is 2.22. The van der Waals surface area contributed by atoms with Crippen LogP contribution < -0.4 is 5.73 Å². The molecular weight excluding hydrogens is 253 g/mol. The molecule has 0 saturated carbocycles. The summed E-state index contributed by atoms with van der Waals surface area (Å²) in [5.41, 5.74) is 8.18. The second kappa shape index (κ2) is 5.42. The zero-order chi connectivity index (χ0) is 13.1. The first-order valence-electron chi connectivity index (χ1n) is 5.54. The SMILES string of the molecule is Cc1cnc(C(N)Cc2cc(F)ccc2Cl)cn1. The Labute approximate surface area is 110 Å². The second-order valence-electron chi connectivity index (χ2n) is 4.13. The fourth-order valence-electron chi connectivity index (χ4n) is 1.64. The summed E-state index contributed by atoms with van der Waals surface area (Å²) in [5, 5.41) is 0.506. The molecule has 1 aromatic carbocycles. The van der Waals surface area contributed by atoms with Crippen molar-refractivity contribution in [2.24, 2.45) is 5.73 Å². The molecule has 0 amide bonds. The Kier molecular flexibility index (Phi) is 3.89. The van der Waals surface area contributed by atoms with Gasteiger partial charge < -0.3 is 5.73 Å². The molecule has 3 nitrogen and oxygen atoms in total. The summed E-state index contributed by atoms with van der Waals surface area (Å²) >= 11 is 5.99. The average molecular weight is 266 g/mol. The number of nitrogens with two attached hydrogens (primary N) is 1. The van der Waals surface area contributed by atoms with E-state index in [-0.39, 0.29) is 11.9 Å². The molecular formula is C13H13ClFN3. The maximum absolute atomic E-state index is 13.1. The van der Waals surface area contributed by atoms with Gasteiger partial charge in [0.2, 0.25) is 0 Å². The molecule has 94 valence electrons. The quantitative estimate of drug-likeness (QED) is 0.928. The van der Waals surface area contributed by atoms with Gasteiger partial charge in [0.25, 0.3) is 0 Å². The largest absolute Gasteiger partial charge is 0.322 e. The van der Waals surface area contributed by atoms with Gasteiger partial charge in [0, 0.05) is 11.2 Å². The number of aromatic nitrogens is 2. The van der Waals surface area contributed by atoms with Gasteiger partial charge in [-0.05, 0) is 37.1 Å². The molecule has 0 saturated heterocycles. The number of nitrogens with zero attached hydrogens (tertiary/aromatic N) is 2. The normalized spacial score (nSPS) is 12.4. The van der Waals surface area contributed by atoms with Crippen molar-refractivity contribution in [3.63, 3.8) is 0 Å². The summed E-state index contributed by atoms with van der Waals surface area (Å²) in [4.78, 5) is 8.33. The number of hydrogen-bond donors (Lipinski definition) is 1. The van der Waals surface area contributed by atoms with E-state index in [0.717, 1.165) is 5.69 Å². The van der Waals surface area contributed by atoms with E-state index in [1.165, 1.54) is 18.2 Å². The van der Waals surface area contributed by atoms with Gasteiger partial charge in [0.15, 0.2) is 0 Å². The van der Waals surface area contributed by atoms with Crippen LogP contribution in [0.2, 0.25) is 5.02 Å². The van der Waals surface area contributed by atoms with Crippen LogP contribution in [0.15, 0.2) is 30.6 Å². The fourth-order valence-corrected chi connectivity index (χ4v) is 1.83. The lowest BCUT2D eigenvalue weighted by molar-refractivity contribution is 0.620. The summed E-state index contributed by atoms with van der Waals surface area (Å²) < 4.78 is 13.1. The van der Waals surface area contributed by atoms with E-state index in [2.05, 4.69) is 9.97 Å². The zero-order valence-corrected chi connectivity index (χ0v) is 10.7. The van der Waals surface area contributed by atoms with E-state index in [1.54, 1.807) is 12.4 Å². The highest BCUT2D eigenvalue weighted by Gasteiger charge is 2.12. The summed E-state index contributed by atoms with van der Waals surface area (Å²) in [6.07, 6.45) is 3.71. The van der Waals surface area contributed by atoms with E-state index >= 15 is 0 Å². The summed E-state index contributed by atoms with van der Waals surface area (Å²) in [6.45, 7) is 1.85. The number of aryl methyl sites for hydroxylation is 1. The summed E-state index contributed by atoms with van der Waals surface area (Å²) in [5.74, 6) is -0.323. The highest BCUT2D eigenvalue weighted by molar-refractivity contribution is 6.31. The molecule has 5 heteroatoms. The molecule has 1 heterocycles. The molecule has 0 aliphatic heterocycles. The first kappa shape index (κ1) is 12.9. The Morgan fingerprint density at radius 2 is 2.11 bits per heavy atom. The first-order valence-corrected chi connectivity index (χ1v) is 5.92. The number of halogens is 2. The predicted molar refractivity (Wildman–Crippen MR) is 68.8 cm³/mol. The topological polar surface area (TPSA) is 51.8 Å². The molecule has 0 fully saturated rings. The summed E-state index contributed by atoms with van der Waals surface area (Å²) in [7, 11) is 0. The van der Waals surface area contributed by atoms with Crippen molar-refractivity contribution in [2.45, 2.75) is 19.4 Å². The zero-order valence-electron chi connectivity index (χ0n) is 9.90. The third-order valence-electron chi connectivity index (χ3n) is 2.63. The van der Waals surface area contributed by atoms with Crippen LogP contribution in [0.4, 0.5) is 4.39 Å². The van der Waals surface area contributed by atoms with Crippen LogP contribution in [0.3, 0.4) is 0 Å². The molecule has 0 aliphatic carbocycles. The standard InChI is InChI=1S/C13H13ClFN3/c1-8-6-18-13(7-17-8)12(16)5-9-4-10(15)2-3-11(9)14/h2-4,6-7,12H,5,16H2,1H3. The van der Waals surface area contributed by atoms with E-state index < -0.39 is 0 Å². The molecule has 18 heavy (non-hydrogen) atoms. The Bertz CT molecular complexity index is 542. The van der Waals surface area contributed by atoms with Crippen molar-refractivity contribution in [2.75, 3.05) is 0 Å². The van der Waals surface area contributed by atoms with Crippen LogP contribution >= 0.6 is 11.6 Å². The van der Waals surface area contributed by atoms with Crippen molar-refractivity contribution in [1.82, 2.24) is 9.97 Å². The van der Waals surface area contributed by atoms with Crippen molar-refractivity contribution in [3.8, 4) is 0 Å². The fraction of sp³-hybridized carbons (Fsp3) is 0.231. The monoisotopic (exact) mass is 265 g/mol. The van der Waals surface area contributed by atoms with E-state index in [0.29, 0.717) is 22.7 Å². The molecule has 2 rings (SSSR count). The molecule has 0 bridgehead atoms. The maximum atomic E-state index is 13.1. The molecule has 1 aromatic heterocycles. The third-order valence-corrected chi connectivity index (χ3v) is 3.00. The lowest BCUT2D eigenvalue weighted by atomic mass is 10.0. The van der Waals surface area contributed by atoms with Gasteiger partial charge in [0.1, 0.15) is 5.82 Å². The van der Waals surface area contributed by atoms with E-state index in [9.17, 15) is 4.39 Å². The molecule has 0 aliphatic rings. The summed E-state index contributed by atoms with van der Waals surface area (Å²) in [6, 6.07) is 3.89. The third kappa shape index (κ3) is 3.03. The van der Waals surface area contributed by atoms with Gasteiger partial charge in [-0.3, -0.25) is 9.97 Å². The maximum Gasteiger partial charge on any atom is 0.123 e. The van der Waals surface area contributed by atoms with Crippen molar-refractivity contribution < 1.29 is 4.39 Å². The van der Waals surface area contributed by atoms with Crippen LogP contribution in [-0.4, -0.2) is 9.97 Å². The predicted octanol–water partition coefficient (Wildman–Crippen LogP) is 2.82. The molecule has 0 radical (unpaired) electrons. The van der Waals surface area contributed by atoms with Gasteiger partial charge in [-0.1, -0.05) is 11.6 Å². The van der Waals surface area contributed by atoms with Gasteiger partial charge in [-0.2, -0.15) is 0 Å². The second-order valence-corrected chi connectivity index (χ2v) is 4.54. The molecule has 1 atom stereocenters. The molecule has 2 aromatic rings. The van der Waals surface area contributed by atoms with Crippen LogP contribution in [0.1, 0.15) is 23.0 Å². The van der Waals surface area contributed by atoms with Gasteiger partial charge in [0.05, 0.1) is 23.6 Å². The van der Waals surface area contributed by atoms with Crippen LogP contribution in [0.5, 0.6) is 0 Å². The smallest absolute Gasteiger partial charge is 0.123 e.